The van der Waals surface area contributed by atoms with Crippen LogP contribution in [0.25, 0.3) is 0 Å². The number of hydrogen-bond donors (Lipinski definition) is 2. The third-order valence-corrected chi connectivity index (χ3v) is 4.85. The van der Waals surface area contributed by atoms with Gasteiger partial charge in [-0.1, -0.05) is 6.42 Å². The van der Waals surface area contributed by atoms with Crippen LogP contribution in [0.5, 0.6) is 5.75 Å². The number of methoxy groups -OCH3 is 1. The monoisotopic (exact) mass is 399 g/mol. The van der Waals surface area contributed by atoms with Gasteiger partial charge < -0.3 is 24.7 Å². The number of benzene rings is 1. The molecule has 0 saturated heterocycles. The van der Waals surface area contributed by atoms with E-state index in [1.54, 1.807) is 43.5 Å². The third-order valence-electron chi connectivity index (χ3n) is 4.85. The van der Waals surface area contributed by atoms with Crippen LogP contribution in [0.4, 0.5) is 5.69 Å². The Morgan fingerprint density at radius 1 is 1.14 bits per heavy atom. The summed E-state index contributed by atoms with van der Waals surface area (Å²) in [6, 6.07) is 10.4. The van der Waals surface area contributed by atoms with E-state index in [0.29, 0.717) is 17.2 Å². The molecule has 2 N–H and O–H groups in total. The quantitative estimate of drug-likeness (QED) is 0.673. The van der Waals surface area contributed by atoms with Crippen molar-refractivity contribution in [2.24, 2.45) is 5.92 Å². The second kappa shape index (κ2) is 9.77. The van der Waals surface area contributed by atoms with Crippen LogP contribution in [-0.4, -0.2) is 42.8 Å². The summed E-state index contributed by atoms with van der Waals surface area (Å²) in [6.45, 7) is -0.0727. The molecular weight excluding hydrogens is 374 g/mol. The molecule has 0 aliphatic heterocycles. The summed E-state index contributed by atoms with van der Waals surface area (Å²) in [5.41, 5.74) is 0.602. The van der Waals surface area contributed by atoms with Crippen LogP contribution < -0.4 is 15.4 Å². The molecule has 0 atom stereocenters. The van der Waals surface area contributed by atoms with E-state index < -0.39 is 5.91 Å². The Balaban J connectivity index is 1.49. The molecule has 8 heteroatoms. The first kappa shape index (κ1) is 20.4. The van der Waals surface area contributed by atoms with E-state index in [-0.39, 0.29) is 37.4 Å². The molecule has 1 aliphatic rings. The zero-order valence-electron chi connectivity index (χ0n) is 16.3. The fourth-order valence-electron chi connectivity index (χ4n) is 3.00. The minimum Gasteiger partial charge on any atom is -0.497 e. The fraction of sp³-hybridized carbons (Fsp3) is 0.381. The van der Waals surface area contributed by atoms with Gasteiger partial charge in [-0.05, 0) is 49.2 Å². The lowest BCUT2D eigenvalue weighted by molar-refractivity contribution is -0.142. The first-order chi connectivity index (χ1) is 14.0. The molecule has 8 nitrogen and oxygen atoms in total. The lowest BCUT2D eigenvalue weighted by Crippen LogP contribution is -2.45. The van der Waals surface area contributed by atoms with Crippen LogP contribution in [0.1, 0.15) is 25.0 Å². The molecule has 29 heavy (non-hydrogen) atoms. The molecule has 1 aromatic heterocycles. The average Bonchev–Trinajstić information content (AvgIpc) is 3.18. The maximum absolute atomic E-state index is 12.6. The van der Waals surface area contributed by atoms with E-state index in [4.69, 9.17) is 9.15 Å². The van der Waals surface area contributed by atoms with Crippen LogP contribution in [0.3, 0.4) is 0 Å². The van der Waals surface area contributed by atoms with E-state index in [9.17, 15) is 14.4 Å². The van der Waals surface area contributed by atoms with Crippen molar-refractivity contribution in [1.82, 2.24) is 10.2 Å². The van der Waals surface area contributed by atoms with Crippen molar-refractivity contribution in [1.29, 1.82) is 0 Å². The highest BCUT2D eigenvalue weighted by atomic mass is 16.5. The van der Waals surface area contributed by atoms with Crippen LogP contribution in [0.15, 0.2) is 47.1 Å². The second-order valence-corrected chi connectivity index (χ2v) is 6.95. The van der Waals surface area contributed by atoms with Crippen LogP contribution in [0.2, 0.25) is 0 Å². The zero-order chi connectivity index (χ0) is 20.6. The maximum atomic E-state index is 12.6. The van der Waals surface area contributed by atoms with Gasteiger partial charge >= 0.3 is 0 Å². The highest BCUT2D eigenvalue weighted by Gasteiger charge is 2.30. The summed E-state index contributed by atoms with van der Waals surface area (Å²) in [5.74, 6) is 0.467. The van der Waals surface area contributed by atoms with Gasteiger partial charge in [0.1, 0.15) is 18.1 Å². The van der Waals surface area contributed by atoms with Crippen LogP contribution in [0, 0.1) is 5.92 Å². The van der Waals surface area contributed by atoms with Gasteiger partial charge in [0.15, 0.2) is 0 Å². The number of nitrogens with zero attached hydrogens (tertiary/aromatic N) is 1. The Morgan fingerprint density at radius 2 is 1.90 bits per heavy atom. The van der Waals surface area contributed by atoms with Crippen molar-refractivity contribution >= 4 is 23.4 Å². The van der Waals surface area contributed by atoms with Gasteiger partial charge in [-0.25, -0.2) is 0 Å². The predicted molar refractivity (Wildman–Crippen MR) is 106 cm³/mol. The Hall–Kier alpha value is -3.29. The number of nitrogens with one attached hydrogen (secondary N) is 2. The van der Waals surface area contributed by atoms with Crippen molar-refractivity contribution in [2.45, 2.75) is 25.8 Å². The standard InChI is InChI=1S/C21H25N3O5/c1-28-17-9-7-16(8-10-17)23-19(25)12-22-20(26)14-24(13-18-6-3-11-29-18)21(27)15-4-2-5-15/h3,6-11,15H,2,4-5,12-14H2,1H3,(H,22,26)(H,23,25). The zero-order valence-corrected chi connectivity index (χ0v) is 16.3. The molecule has 0 radical (unpaired) electrons. The Morgan fingerprint density at radius 3 is 2.48 bits per heavy atom. The molecule has 1 aliphatic carbocycles. The number of anilines is 1. The summed E-state index contributed by atoms with van der Waals surface area (Å²) in [4.78, 5) is 38.5. The summed E-state index contributed by atoms with van der Waals surface area (Å²) >= 11 is 0. The number of hydrogen-bond acceptors (Lipinski definition) is 5. The van der Waals surface area contributed by atoms with Gasteiger partial charge in [-0.2, -0.15) is 0 Å². The number of carbonyl (C=O) groups is 3. The largest absolute Gasteiger partial charge is 0.497 e. The lowest BCUT2D eigenvalue weighted by Gasteiger charge is -2.30. The minimum atomic E-state index is -0.394. The van der Waals surface area contributed by atoms with Crippen molar-refractivity contribution in [3.8, 4) is 5.75 Å². The minimum absolute atomic E-state index is 0.0314. The highest BCUT2D eigenvalue weighted by molar-refractivity contribution is 5.95. The number of amides is 3. The van der Waals surface area contributed by atoms with Crippen molar-refractivity contribution < 1.29 is 23.5 Å². The van der Waals surface area contributed by atoms with Crippen LogP contribution >= 0.6 is 0 Å². The van der Waals surface area contributed by atoms with Crippen molar-refractivity contribution in [3.05, 3.63) is 48.4 Å². The first-order valence-electron chi connectivity index (χ1n) is 9.57. The summed E-state index contributed by atoms with van der Waals surface area (Å²) < 4.78 is 10.4. The molecule has 3 amide bonds. The van der Waals surface area contributed by atoms with Gasteiger partial charge in [0.2, 0.25) is 17.7 Å². The number of rotatable bonds is 9. The molecule has 154 valence electrons. The van der Waals surface area contributed by atoms with Crippen LogP contribution in [-0.2, 0) is 20.9 Å². The average molecular weight is 399 g/mol. The van der Waals surface area contributed by atoms with E-state index in [1.807, 2.05) is 0 Å². The Labute approximate surface area is 169 Å². The molecule has 0 bridgehead atoms. The molecule has 1 saturated carbocycles. The molecule has 0 unspecified atom stereocenters. The second-order valence-electron chi connectivity index (χ2n) is 6.95. The molecule has 1 aromatic carbocycles. The molecule has 1 heterocycles. The van der Waals surface area contributed by atoms with E-state index in [0.717, 1.165) is 19.3 Å². The number of furan rings is 1. The normalized spacial score (nSPS) is 13.3. The summed E-state index contributed by atoms with van der Waals surface area (Å²) in [6.07, 6.45) is 4.26. The summed E-state index contributed by atoms with van der Waals surface area (Å²) in [5, 5.41) is 5.26. The van der Waals surface area contributed by atoms with Gasteiger partial charge in [-0.15, -0.1) is 0 Å². The van der Waals surface area contributed by atoms with Crippen molar-refractivity contribution in [2.75, 3.05) is 25.5 Å². The van der Waals surface area contributed by atoms with Gasteiger partial charge in [0.05, 0.1) is 26.5 Å². The fourth-order valence-corrected chi connectivity index (χ4v) is 3.00. The van der Waals surface area contributed by atoms with E-state index in [2.05, 4.69) is 10.6 Å². The van der Waals surface area contributed by atoms with E-state index in [1.165, 1.54) is 11.2 Å². The van der Waals surface area contributed by atoms with Crippen molar-refractivity contribution in [3.63, 3.8) is 0 Å². The van der Waals surface area contributed by atoms with Gasteiger partial charge in [0.25, 0.3) is 0 Å². The lowest BCUT2D eigenvalue weighted by atomic mass is 9.84. The smallest absolute Gasteiger partial charge is 0.243 e. The molecule has 3 rings (SSSR count). The maximum Gasteiger partial charge on any atom is 0.243 e. The SMILES string of the molecule is COc1ccc(NC(=O)CNC(=O)CN(Cc2ccco2)C(=O)C2CCC2)cc1. The van der Waals surface area contributed by atoms with Gasteiger partial charge in [-0.3, -0.25) is 14.4 Å². The van der Waals surface area contributed by atoms with Gasteiger partial charge in [0, 0.05) is 11.6 Å². The number of carbonyl (C=O) groups excluding carboxylic acids is 3. The number of ether oxygens (including phenoxy) is 1. The summed E-state index contributed by atoms with van der Waals surface area (Å²) in [7, 11) is 1.56. The predicted octanol–water partition coefficient (Wildman–Crippen LogP) is 2.17. The molecule has 1 fully saturated rings. The first-order valence-corrected chi connectivity index (χ1v) is 9.57. The Kier molecular flexibility index (Phi) is 6.89. The molecule has 2 aromatic rings. The highest BCUT2D eigenvalue weighted by Crippen LogP contribution is 2.28. The van der Waals surface area contributed by atoms with E-state index >= 15 is 0 Å². The third kappa shape index (κ3) is 5.84. The Bertz CT molecular complexity index is 829. The molecular formula is C21H25N3O5. The molecule has 0 spiro atoms. The topological polar surface area (TPSA) is 101 Å².